The summed E-state index contributed by atoms with van der Waals surface area (Å²) in [7, 11) is 1.56. The molecule has 1 heterocycles. The van der Waals surface area contributed by atoms with Crippen LogP contribution in [0.2, 0.25) is 5.02 Å². The number of anilines is 1. The Morgan fingerprint density at radius 2 is 1.83 bits per heavy atom. The van der Waals surface area contributed by atoms with Crippen molar-refractivity contribution in [2.75, 3.05) is 12.4 Å². The fourth-order valence-corrected chi connectivity index (χ4v) is 4.51. The molecule has 0 unspecified atom stereocenters. The van der Waals surface area contributed by atoms with Gasteiger partial charge in [0.15, 0.2) is 0 Å². The van der Waals surface area contributed by atoms with Gasteiger partial charge in [0, 0.05) is 34.3 Å². The van der Waals surface area contributed by atoms with Gasteiger partial charge in [0.05, 0.1) is 18.7 Å². The maximum absolute atomic E-state index is 13.4. The molecule has 1 aliphatic carbocycles. The Bertz CT molecular complexity index is 1060. The number of methoxy groups -OCH3 is 1. The first kappa shape index (κ1) is 20.4. The van der Waals surface area contributed by atoms with Crippen LogP contribution in [0, 0.1) is 5.92 Å². The van der Waals surface area contributed by atoms with Crippen molar-refractivity contribution in [3.05, 3.63) is 70.4 Å². The Hall–Kier alpha value is -2.92. The zero-order valence-corrected chi connectivity index (χ0v) is 17.7. The van der Waals surface area contributed by atoms with E-state index in [1.54, 1.807) is 31.4 Å². The second-order valence-corrected chi connectivity index (χ2v) is 8.02. The van der Waals surface area contributed by atoms with Gasteiger partial charge in [-0.15, -0.1) is 0 Å². The van der Waals surface area contributed by atoms with E-state index in [4.69, 9.17) is 21.3 Å². The molecule has 0 saturated heterocycles. The van der Waals surface area contributed by atoms with Crippen LogP contribution in [0.4, 0.5) is 5.69 Å². The van der Waals surface area contributed by atoms with Crippen LogP contribution in [0.5, 0.6) is 5.75 Å². The molecule has 0 radical (unpaired) electrons. The third-order valence-electron chi connectivity index (χ3n) is 5.74. The number of nitrogens with one attached hydrogen (secondary N) is 1. The van der Waals surface area contributed by atoms with E-state index in [2.05, 4.69) is 5.32 Å². The van der Waals surface area contributed by atoms with Crippen LogP contribution < -0.4 is 10.1 Å². The number of carbonyl (C=O) groups is 2. The molecule has 1 fully saturated rings. The van der Waals surface area contributed by atoms with Gasteiger partial charge in [-0.05, 0) is 49.6 Å². The fourth-order valence-electron chi connectivity index (χ4n) is 4.38. The van der Waals surface area contributed by atoms with Gasteiger partial charge >= 0.3 is 0 Å². The molecule has 154 valence electrons. The van der Waals surface area contributed by atoms with Crippen molar-refractivity contribution >= 4 is 34.7 Å². The molecule has 2 aromatic carbocycles. The van der Waals surface area contributed by atoms with Gasteiger partial charge in [0.1, 0.15) is 11.5 Å². The van der Waals surface area contributed by atoms with Gasteiger partial charge in [-0.1, -0.05) is 35.9 Å². The lowest BCUT2D eigenvalue weighted by molar-refractivity contribution is -0.122. The van der Waals surface area contributed by atoms with Crippen LogP contribution >= 0.6 is 11.6 Å². The number of amides is 1. The van der Waals surface area contributed by atoms with Gasteiger partial charge in [-0.2, -0.15) is 0 Å². The molecule has 4 rings (SSSR count). The summed E-state index contributed by atoms with van der Waals surface area (Å²) in [5.74, 6) is -0.381. The minimum atomic E-state index is -0.415. The zero-order valence-electron chi connectivity index (χ0n) is 16.9. The van der Waals surface area contributed by atoms with Crippen LogP contribution in [0.1, 0.15) is 37.7 Å². The molecule has 2 aromatic rings. The highest BCUT2D eigenvalue weighted by atomic mass is 35.5. The van der Waals surface area contributed by atoms with E-state index in [-0.39, 0.29) is 11.7 Å². The Kier molecular flexibility index (Phi) is 5.73. The number of carbonyl (C=O) groups excluding carboxylic acids is 2. The predicted octanol–water partition coefficient (Wildman–Crippen LogP) is 5.17. The molecule has 1 N–H and O–H groups in total. The first-order chi connectivity index (χ1) is 14.5. The van der Waals surface area contributed by atoms with Crippen molar-refractivity contribution in [1.82, 2.24) is 0 Å². The number of ether oxygens (including phenoxy) is 1. The highest BCUT2D eigenvalue weighted by molar-refractivity contribution is 6.30. The summed E-state index contributed by atoms with van der Waals surface area (Å²) in [6, 6.07) is 14.6. The molecule has 0 aromatic heterocycles. The highest BCUT2D eigenvalue weighted by Gasteiger charge is 2.43. The van der Waals surface area contributed by atoms with Gasteiger partial charge in [-0.25, -0.2) is 0 Å². The van der Waals surface area contributed by atoms with E-state index in [1.165, 1.54) is 0 Å². The number of rotatable bonds is 4. The molecule has 0 spiro atoms. The van der Waals surface area contributed by atoms with E-state index < -0.39 is 11.8 Å². The summed E-state index contributed by atoms with van der Waals surface area (Å²) in [5, 5.41) is 3.56. The standard InChI is InChI=1S/C24H23ClN2O3/c1-14-21(24(29)27-17-6-3-4-9-20(17)30-2)22(15-10-12-16(25)13-11-15)23-18(26-14)7-5-8-19(23)28/h3-4,6,9-13,22-23H,5,7-8H2,1-2H3,(H,27,29)/t22-,23-/m0/s1. The van der Waals surface area contributed by atoms with Crippen molar-refractivity contribution in [2.24, 2.45) is 10.9 Å². The van der Waals surface area contributed by atoms with Crippen molar-refractivity contribution in [3.63, 3.8) is 0 Å². The van der Waals surface area contributed by atoms with Crippen molar-refractivity contribution < 1.29 is 14.3 Å². The van der Waals surface area contributed by atoms with E-state index in [0.29, 0.717) is 34.2 Å². The predicted molar refractivity (Wildman–Crippen MR) is 118 cm³/mol. The lowest BCUT2D eigenvalue weighted by atomic mass is 9.69. The fraction of sp³-hybridized carbons (Fsp3) is 0.292. The SMILES string of the molecule is COc1ccccc1NC(=O)C1=C(C)N=C2CCCC(=O)[C@H]2[C@H]1c1ccc(Cl)cc1. The second kappa shape index (κ2) is 8.44. The van der Waals surface area contributed by atoms with E-state index in [0.717, 1.165) is 24.1 Å². The minimum absolute atomic E-state index is 0.134. The molecule has 1 saturated carbocycles. The lowest BCUT2D eigenvalue weighted by Crippen LogP contribution is -2.39. The summed E-state index contributed by atoms with van der Waals surface area (Å²) in [6.45, 7) is 1.84. The molecule has 1 aliphatic heterocycles. The smallest absolute Gasteiger partial charge is 0.254 e. The van der Waals surface area contributed by atoms with E-state index >= 15 is 0 Å². The molecule has 6 heteroatoms. The molecule has 0 bridgehead atoms. The number of aliphatic imine (C=N–C) groups is 1. The Balaban J connectivity index is 1.79. The number of allylic oxidation sites excluding steroid dienone is 1. The Labute approximate surface area is 180 Å². The summed E-state index contributed by atoms with van der Waals surface area (Å²) in [6.07, 6.45) is 2.09. The minimum Gasteiger partial charge on any atom is -0.495 e. The van der Waals surface area contributed by atoms with Crippen molar-refractivity contribution in [3.8, 4) is 5.75 Å². The molecule has 30 heavy (non-hydrogen) atoms. The van der Waals surface area contributed by atoms with Gasteiger partial charge < -0.3 is 10.1 Å². The topological polar surface area (TPSA) is 67.8 Å². The molecule has 1 amide bonds. The number of ketones is 1. The maximum Gasteiger partial charge on any atom is 0.254 e. The quantitative estimate of drug-likeness (QED) is 0.739. The van der Waals surface area contributed by atoms with Gasteiger partial charge in [-0.3, -0.25) is 14.6 Å². The Morgan fingerprint density at radius 1 is 1.10 bits per heavy atom. The van der Waals surface area contributed by atoms with Crippen LogP contribution in [-0.2, 0) is 9.59 Å². The normalized spacial score (nSPS) is 21.0. The molecular formula is C24H23ClN2O3. The van der Waals surface area contributed by atoms with Gasteiger partial charge in [0.2, 0.25) is 0 Å². The zero-order chi connectivity index (χ0) is 21.3. The number of hydrogen-bond donors (Lipinski definition) is 1. The summed E-state index contributed by atoms with van der Waals surface area (Å²) in [4.78, 5) is 31.1. The Morgan fingerprint density at radius 3 is 2.57 bits per heavy atom. The summed E-state index contributed by atoms with van der Waals surface area (Å²) < 4.78 is 5.36. The van der Waals surface area contributed by atoms with Crippen molar-refractivity contribution in [1.29, 1.82) is 0 Å². The molecular weight excluding hydrogens is 400 g/mol. The van der Waals surface area contributed by atoms with Crippen molar-refractivity contribution in [2.45, 2.75) is 32.1 Å². The van der Waals surface area contributed by atoms with E-state index in [9.17, 15) is 9.59 Å². The van der Waals surface area contributed by atoms with Gasteiger partial charge in [0.25, 0.3) is 5.91 Å². The third-order valence-corrected chi connectivity index (χ3v) is 5.99. The number of nitrogens with zero attached hydrogens (tertiary/aromatic N) is 1. The van der Waals surface area contributed by atoms with Crippen LogP contribution in [-0.4, -0.2) is 24.5 Å². The van der Waals surface area contributed by atoms with Crippen LogP contribution in [0.15, 0.2) is 64.8 Å². The highest BCUT2D eigenvalue weighted by Crippen LogP contribution is 2.43. The molecule has 5 nitrogen and oxygen atoms in total. The average Bonchev–Trinajstić information content (AvgIpc) is 2.74. The second-order valence-electron chi connectivity index (χ2n) is 7.58. The van der Waals surface area contributed by atoms with Crippen LogP contribution in [0.25, 0.3) is 0 Å². The number of halogens is 1. The molecule has 2 aliphatic rings. The monoisotopic (exact) mass is 422 g/mol. The summed E-state index contributed by atoms with van der Waals surface area (Å²) >= 11 is 6.09. The number of para-hydroxylation sites is 2. The van der Waals surface area contributed by atoms with E-state index in [1.807, 2.05) is 31.2 Å². The average molecular weight is 423 g/mol. The van der Waals surface area contributed by atoms with Crippen LogP contribution in [0.3, 0.4) is 0 Å². The number of Topliss-reactive ketones (excluding diaryl/α,β-unsaturated/α-hetero) is 1. The largest absolute Gasteiger partial charge is 0.495 e. The summed E-state index contributed by atoms with van der Waals surface area (Å²) in [5.41, 5.74) is 3.48. The first-order valence-corrected chi connectivity index (χ1v) is 10.4. The maximum atomic E-state index is 13.4. The lowest BCUT2D eigenvalue weighted by Gasteiger charge is -2.36. The number of benzene rings is 2. The first-order valence-electron chi connectivity index (χ1n) is 10.0. The number of fused-ring (bicyclic) bond motifs is 1. The molecule has 2 atom stereocenters. The third kappa shape index (κ3) is 3.77. The number of hydrogen-bond acceptors (Lipinski definition) is 4.